The molecule has 2 aromatic carbocycles. The molecule has 1 aliphatic rings. The zero-order valence-electron chi connectivity index (χ0n) is 17.9. The monoisotopic (exact) mass is 461 g/mol. The minimum Gasteiger partial charge on any atom is -0.326 e. The Bertz CT molecular complexity index is 1170. The van der Waals surface area contributed by atoms with Crippen LogP contribution in [0.5, 0.6) is 0 Å². The summed E-state index contributed by atoms with van der Waals surface area (Å²) in [7, 11) is 0. The van der Waals surface area contributed by atoms with E-state index in [2.05, 4.69) is 35.7 Å². The standard InChI is InChI=1S/C26H24ClN3OS/c1-17-7-9-22(15-23(17)27)29-25(31)11-12-32-26-21(16-28)14-20-13-19(8-10-24(20)30-26)18-5-3-2-4-6-18/h2-7,9,14-15,19H,8,10-13H2,1H3,(H,29,31). The van der Waals surface area contributed by atoms with E-state index in [9.17, 15) is 10.1 Å². The van der Waals surface area contributed by atoms with E-state index < -0.39 is 0 Å². The van der Waals surface area contributed by atoms with Crippen LogP contribution in [0.25, 0.3) is 0 Å². The van der Waals surface area contributed by atoms with Crippen LogP contribution >= 0.6 is 23.4 Å². The van der Waals surface area contributed by atoms with Crippen molar-refractivity contribution in [3.63, 3.8) is 0 Å². The average Bonchev–Trinajstić information content (AvgIpc) is 2.81. The SMILES string of the molecule is Cc1ccc(NC(=O)CCSc2nc3c(cc2C#N)CC(c2ccccc2)CC3)cc1Cl. The van der Waals surface area contributed by atoms with Gasteiger partial charge < -0.3 is 5.32 Å². The van der Waals surface area contributed by atoms with Gasteiger partial charge in [-0.05, 0) is 67.0 Å². The van der Waals surface area contributed by atoms with Crippen LogP contribution in [-0.2, 0) is 17.6 Å². The summed E-state index contributed by atoms with van der Waals surface area (Å²) in [6.45, 7) is 1.92. The molecule has 0 radical (unpaired) electrons. The highest BCUT2D eigenvalue weighted by atomic mass is 35.5. The highest BCUT2D eigenvalue weighted by Gasteiger charge is 2.23. The Kier molecular flexibility index (Phi) is 7.14. The van der Waals surface area contributed by atoms with Crippen LogP contribution in [0.15, 0.2) is 59.6 Å². The number of carbonyl (C=O) groups is 1. The van der Waals surface area contributed by atoms with E-state index in [1.807, 2.05) is 31.2 Å². The van der Waals surface area contributed by atoms with Crippen molar-refractivity contribution in [2.45, 2.75) is 43.6 Å². The molecule has 6 heteroatoms. The maximum atomic E-state index is 12.3. The maximum absolute atomic E-state index is 12.3. The van der Waals surface area contributed by atoms with Gasteiger partial charge in [0.1, 0.15) is 11.1 Å². The molecule has 1 heterocycles. The van der Waals surface area contributed by atoms with Crippen molar-refractivity contribution in [2.24, 2.45) is 0 Å². The third kappa shape index (κ3) is 5.32. The topological polar surface area (TPSA) is 65.8 Å². The number of nitrogens with one attached hydrogen (secondary N) is 1. The van der Waals surface area contributed by atoms with Crippen LogP contribution < -0.4 is 5.32 Å². The third-order valence-electron chi connectivity index (χ3n) is 5.77. The second-order valence-corrected chi connectivity index (χ2v) is 9.51. The summed E-state index contributed by atoms with van der Waals surface area (Å²) in [6.07, 6.45) is 3.20. The van der Waals surface area contributed by atoms with Gasteiger partial charge in [0.15, 0.2) is 0 Å². The molecule has 4 nitrogen and oxygen atoms in total. The molecule has 0 saturated heterocycles. The number of amides is 1. The fraction of sp³-hybridized carbons (Fsp3) is 0.269. The van der Waals surface area contributed by atoms with Crippen LogP contribution in [0, 0.1) is 18.3 Å². The molecular weight excluding hydrogens is 438 g/mol. The number of hydrogen-bond acceptors (Lipinski definition) is 4. The first-order valence-electron chi connectivity index (χ1n) is 10.7. The highest BCUT2D eigenvalue weighted by molar-refractivity contribution is 7.99. The lowest BCUT2D eigenvalue weighted by Crippen LogP contribution is -2.15. The van der Waals surface area contributed by atoms with Crippen LogP contribution in [0.3, 0.4) is 0 Å². The number of carbonyl (C=O) groups excluding carboxylic acids is 1. The second kappa shape index (κ2) is 10.2. The maximum Gasteiger partial charge on any atom is 0.225 e. The van der Waals surface area contributed by atoms with Crippen molar-refractivity contribution in [3.05, 3.63) is 87.6 Å². The van der Waals surface area contributed by atoms with Crippen LogP contribution in [0.2, 0.25) is 5.02 Å². The molecule has 1 N–H and O–H groups in total. The summed E-state index contributed by atoms with van der Waals surface area (Å²) >= 11 is 7.59. The van der Waals surface area contributed by atoms with Crippen LogP contribution in [-0.4, -0.2) is 16.6 Å². The summed E-state index contributed by atoms with van der Waals surface area (Å²) in [5.41, 5.74) is 5.84. The Hall–Kier alpha value is -2.81. The van der Waals surface area contributed by atoms with Gasteiger partial charge in [-0.25, -0.2) is 4.98 Å². The van der Waals surface area contributed by atoms with Crippen LogP contribution in [0.4, 0.5) is 5.69 Å². The summed E-state index contributed by atoms with van der Waals surface area (Å²) in [5, 5.41) is 13.9. The molecule has 0 bridgehead atoms. The third-order valence-corrected chi connectivity index (χ3v) is 7.17. The van der Waals surface area contributed by atoms with Gasteiger partial charge in [-0.3, -0.25) is 4.79 Å². The summed E-state index contributed by atoms with van der Waals surface area (Å²) < 4.78 is 0. The Morgan fingerprint density at radius 3 is 2.81 bits per heavy atom. The zero-order valence-corrected chi connectivity index (χ0v) is 19.5. The largest absolute Gasteiger partial charge is 0.326 e. The molecule has 1 aliphatic carbocycles. The Balaban J connectivity index is 1.38. The lowest BCUT2D eigenvalue weighted by atomic mass is 9.82. The number of halogens is 1. The molecule has 0 aliphatic heterocycles. The van der Waals surface area contributed by atoms with E-state index >= 15 is 0 Å². The van der Waals surface area contributed by atoms with E-state index in [0.717, 1.165) is 35.5 Å². The molecular formula is C26H24ClN3OS. The molecule has 0 spiro atoms. The number of benzene rings is 2. The molecule has 162 valence electrons. The van der Waals surface area contributed by atoms with E-state index in [-0.39, 0.29) is 5.91 Å². The second-order valence-electron chi connectivity index (χ2n) is 8.02. The molecule has 4 rings (SSSR count). The fourth-order valence-corrected chi connectivity index (χ4v) is 5.08. The number of fused-ring (bicyclic) bond motifs is 1. The molecule has 1 atom stereocenters. The van der Waals surface area contributed by atoms with Gasteiger partial charge in [0.05, 0.1) is 5.56 Å². The Morgan fingerprint density at radius 2 is 2.06 bits per heavy atom. The van der Waals surface area contributed by atoms with Crippen LogP contribution in [0.1, 0.15) is 46.7 Å². The molecule has 1 amide bonds. The number of rotatable bonds is 6. The van der Waals surface area contributed by atoms with E-state index in [4.69, 9.17) is 16.6 Å². The van der Waals surface area contributed by atoms with Gasteiger partial charge in [-0.1, -0.05) is 48.0 Å². The van der Waals surface area contributed by atoms with Gasteiger partial charge in [0.25, 0.3) is 0 Å². The number of aromatic nitrogens is 1. The van der Waals surface area contributed by atoms with Gasteiger partial charge in [-0.15, -0.1) is 11.8 Å². The number of anilines is 1. The Labute approximate surface area is 198 Å². The number of aryl methyl sites for hydroxylation is 2. The molecule has 3 aromatic rings. The van der Waals surface area contributed by atoms with Gasteiger partial charge in [-0.2, -0.15) is 5.26 Å². The highest BCUT2D eigenvalue weighted by Crippen LogP contribution is 2.34. The molecule has 1 unspecified atom stereocenters. The van der Waals surface area contributed by atoms with Crippen molar-refractivity contribution in [3.8, 4) is 6.07 Å². The van der Waals surface area contributed by atoms with Crippen molar-refractivity contribution in [1.82, 2.24) is 4.98 Å². The van der Waals surface area contributed by atoms with Crippen molar-refractivity contribution < 1.29 is 4.79 Å². The number of hydrogen-bond donors (Lipinski definition) is 1. The van der Waals surface area contributed by atoms with Gasteiger partial charge in [0, 0.05) is 28.6 Å². The molecule has 32 heavy (non-hydrogen) atoms. The lowest BCUT2D eigenvalue weighted by molar-refractivity contribution is -0.115. The fourth-order valence-electron chi connectivity index (χ4n) is 3.98. The minimum atomic E-state index is -0.0837. The lowest BCUT2D eigenvalue weighted by Gasteiger charge is -2.25. The molecule has 0 fully saturated rings. The van der Waals surface area contributed by atoms with Crippen molar-refractivity contribution in [1.29, 1.82) is 5.26 Å². The normalized spacial score (nSPS) is 15.0. The zero-order chi connectivity index (χ0) is 22.5. The smallest absolute Gasteiger partial charge is 0.225 e. The summed E-state index contributed by atoms with van der Waals surface area (Å²) in [5.74, 6) is 0.938. The molecule has 1 aromatic heterocycles. The first kappa shape index (κ1) is 22.4. The average molecular weight is 462 g/mol. The number of thioether (sulfide) groups is 1. The summed E-state index contributed by atoms with van der Waals surface area (Å²) in [4.78, 5) is 17.1. The Morgan fingerprint density at radius 1 is 1.25 bits per heavy atom. The minimum absolute atomic E-state index is 0.0837. The van der Waals surface area contributed by atoms with Crippen molar-refractivity contribution >= 4 is 35.0 Å². The summed E-state index contributed by atoms with van der Waals surface area (Å²) in [6, 6.07) is 20.3. The van der Waals surface area contributed by atoms with E-state index in [1.165, 1.54) is 22.9 Å². The van der Waals surface area contributed by atoms with Crippen molar-refractivity contribution in [2.75, 3.05) is 11.1 Å². The van der Waals surface area contributed by atoms with E-state index in [1.54, 1.807) is 6.07 Å². The first-order valence-corrected chi connectivity index (χ1v) is 12.1. The molecule has 0 saturated carbocycles. The first-order chi connectivity index (χ1) is 15.5. The number of nitriles is 1. The number of nitrogens with zero attached hydrogens (tertiary/aromatic N) is 2. The quantitative estimate of drug-likeness (QED) is 0.437. The number of pyridine rings is 1. The predicted molar refractivity (Wildman–Crippen MR) is 130 cm³/mol. The van der Waals surface area contributed by atoms with E-state index in [0.29, 0.717) is 34.4 Å². The van der Waals surface area contributed by atoms with Gasteiger partial charge in [0.2, 0.25) is 5.91 Å². The predicted octanol–water partition coefficient (Wildman–Crippen LogP) is 6.31. The van der Waals surface area contributed by atoms with Gasteiger partial charge >= 0.3 is 0 Å².